The molecule has 0 aromatic carbocycles. The molecule has 0 aromatic rings. The molecule has 0 aliphatic carbocycles. The first-order valence-electron chi connectivity index (χ1n) is 3.92. The van der Waals surface area contributed by atoms with Crippen LogP contribution < -0.4 is 0 Å². The van der Waals surface area contributed by atoms with Crippen LogP contribution in [0.25, 0.3) is 0 Å². The first kappa shape index (κ1) is 11.4. The third kappa shape index (κ3) is 2.40. The fraction of sp³-hybridized carbons (Fsp3) is 0.857. The van der Waals surface area contributed by atoms with Gasteiger partial charge in [-0.05, 0) is 6.42 Å². The molecule has 0 bridgehead atoms. The van der Waals surface area contributed by atoms with E-state index in [1.165, 1.54) is 0 Å². The van der Waals surface area contributed by atoms with Crippen molar-refractivity contribution < 1.29 is 9.94 Å². The van der Waals surface area contributed by atoms with E-state index in [-0.39, 0.29) is 6.42 Å². The van der Waals surface area contributed by atoms with Crippen LogP contribution in [-0.2, 0) is 4.84 Å². The van der Waals surface area contributed by atoms with Crippen molar-refractivity contribution in [3.8, 4) is 0 Å². The van der Waals surface area contributed by atoms with Crippen molar-refractivity contribution in [2.24, 2.45) is 5.16 Å². The van der Waals surface area contributed by atoms with Gasteiger partial charge in [-0.2, -0.15) is 0 Å². The van der Waals surface area contributed by atoms with Crippen LogP contribution in [0.4, 0.5) is 0 Å². The Labute approximate surface area is 91.6 Å². The molecule has 1 aliphatic rings. The summed E-state index contributed by atoms with van der Waals surface area (Å²) in [6.45, 7) is 2.00. The number of oxime groups is 1. The molecule has 76 valence electrons. The molecule has 1 aliphatic heterocycles. The standard InChI is InChI=1S/C7H10Cl3NO2/c1-2-3-5-4-6(12,13-11-5)7(8,9)10/h12H,2-4H2,1H3. The van der Waals surface area contributed by atoms with E-state index in [2.05, 4.69) is 5.16 Å². The van der Waals surface area contributed by atoms with Crippen molar-refractivity contribution in [3.63, 3.8) is 0 Å². The molecule has 1 heterocycles. The summed E-state index contributed by atoms with van der Waals surface area (Å²) in [4.78, 5) is 4.72. The fourth-order valence-electron chi connectivity index (χ4n) is 1.06. The highest BCUT2D eigenvalue weighted by molar-refractivity contribution is 6.68. The third-order valence-electron chi connectivity index (χ3n) is 1.75. The highest BCUT2D eigenvalue weighted by Crippen LogP contribution is 2.44. The molecule has 0 fully saturated rings. The molecule has 3 nitrogen and oxygen atoms in total. The SMILES string of the molecule is CCCC1=NOC(O)(C(Cl)(Cl)Cl)C1. The Hall–Kier alpha value is 0.300. The minimum atomic E-state index is -1.87. The van der Waals surface area contributed by atoms with Crippen molar-refractivity contribution in [2.45, 2.75) is 35.8 Å². The molecule has 13 heavy (non-hydrogen) atoms. The van der Waals surface area contributed by atoms with E-state index in [0.717, 1.165) is 18.6 Å². The first-order chi connectivity index (χ1) is 5.89. The molecule has 0 saturated carbocycles. The van der Waals surface area contributed by atoms with E-state index in [9.17, 15) is 5.11 Å². The van der Waals surface area contributed by atoms with Crippen LogP contribution in [0.15, 0.2) is 5.16 Å². The second-order valence-electron chi connectivity index (χ2n) is 2.96. The minimum absolute atomic E-state index is 0.150. The predicted molar refractivity (Wildman–Crippen MR) is 53.3 cm³/mol. The molecule has 1 atom stereocenters. The number of hydrogen-bond acceptors (Lipinski definition) is 3. The van der Waals surface area contributed by atoms with Crippen LogP contribution in [-0.4, -0.2) is 20.4 Å². The van der Waals surface area contributed by atoms with Gasteiger partial charge in [-0.3, -0.25) is 0 Å². The van der Waals surface area contributed by atoms with Gasteiger partial charge in [0.2, 0.25) is 0 Å². The molecule has 0 amide bonds. The Morgan fingerprint density at radius 3 is 2.62 bits per heavy atom. The zero-order valence-electron chi connectivity index (χ0n) is 7.06. The van der Waals surface area contributed by atoms with Crippen molar-refractivity contribution in [1.82, 2.24) is 0 Å². The van der Waals surface area contributed by atoms with Crippen LogP contribution in [0.5, 0.6) is 0 Å². The monoisotopic (exact) mass is 245 g/mol. The fourth-order valence-corrected chi connectivity index (χ4v) is 1.36. The molecule has 1 unspecified atom stereocenters. The second-order valence-corrected chi connectivity index (χ2v) is 5.24. The van der Waals surface area contributed by atoms with Crippen molar-refractivity contribution >= 4 is 40.5 Å². The summed E-state index contributed by atoms with van der Waals surface area (Å²) < 4.78 is -1.87. The maximum Gasteiger partial charge on any atom is 0.287 e. The topological polar surface area (TPSA) is 41.8 Å². The van der Waals surface area contributed by atoms with Crippen LogP contribution in [0, 0.1) is 0 Å². The number of rotatable bonds is 2. The Morgan fingerprint density at radius 2 is 2.23 bits per heavy atom. The zero-order valence-corrected chi connectivity index (χ0v) is 9.33. The van der Waals surface area contributed by atoms with Gasteiger partial charge in [-0.15, -0.1) is 0 Å². The minimum Gasteiger partial charge on any atom is -0.355 e. The predicted octanol–water partition coefficient (Wildman–Crippen LogP) is 2.62. The number of nitrogens with zero attached hydrogens (tertiary/aromatic N) is 1. The average molecular weight is 247 g/mol. The normalized spacial score (nSPS) is 28.5. The molecule has 1 N–H and O–H groups in total. The molecular weight excluding hydrogens is 236 g/mol. The Kier molecular flexibility index (Phi) is 3.33. The number of hydrogen-bond donors (Lipinski definition) is 1. The number of halogens is 3. The van der Waals surface area contributed by atoms with E-state index in [0.29, 0.717) is 0 Å². The van der Waals surface area contributed by atoms with Gasteiger partial charge in [0.1, 0.15) is 0 Å². The van der Waals surface area contributed by atoms with Crippen LogP contribution >= 0.6 is 34.8 Å². The quantitative estimate of drug-likeness (QED) is 0.761. The molecule has 0 aromatic heterocycles. The molecule has 0 radical (unpaired) electrons. The summed E-state index contributed by atoms with van der Waals surface area (Å²) in [5.41, 5.74) is 0.719. The number of alkyl halides is 3. The van der Waals surface area contributed by atoms with Gasteiger partial charge in [0, 0.05) is 0 Å². The summed E-state index contributed by atoms with van der Waals surface area (Å²) in [5, 5.41) is 13.4. The lowest BCUT2D eigenvalue weighted by atomic mass is 10.1. The van der Waals surface area contributed by atoms with Crippen LogP contribution in [0.2, 0.25) is 0 Å². The van der Waals surface area contributed by atoms with Gasteiger partial charge in [0.25, 0.3) is 9.58 Å². The van der Waals surface area contributed by atoms with Gasteiger partial charge >= 0.3 is 0 Å². The maximum atomic E-state index is 9.69. The highest BCUT2D eigenvalue weighted by atomic mass is 35.6. The molecule has 0 spiro atoms. The zero-order chi connectivity index (χ0) is 10.1. The lowest BCUT2D eigenvalue weighted by molar-refractivity contribution is -0.181. The van der Waals surface area contributed by atoms with Gasteiger partial charge in [0.15, 0.2) is 0 Å². The van der Waals surface area contributed by atoms with Gasteiger partial charge in [0.05, 0.1) is 12.1 Å². The Bertz CT molecular complexity index is 226. The Balaban J connectivity index is 2.62. The average Bonchev–Trinajstić information content (AvgIpc) is 2.32. The lowest BCUT2D eigenvalue weighted by Crippen LogP contribution is -2.42. The Morgan fingerprint density at radius 1 is 1.62 bits per heavy atom. The summed E-state index contributed by atoms with van der Waals surface area (Å²) in [6.07, 6.45) is 1.80. The largest absolute Gasteiger partial charge is 0.355 e. The van der Waals surface area contributed by atoms with E-state index in [1.807, 2.05) is 6.92 Å². The first-order valence-corrected chi connectivity index (χ1v) is 5.05. The maximum absolute atomic E-state index is 9.69. The van der Waals surface area contributed by atoms with E-state index in [1.54, 1.807) is 0 Å². The van der Waals surface area contributed by atoms with Gasteiger partial charge < -0.3 is 9.94 Å². The van der Waals surface area contributed by atoms with E-state index < -0.39 is 9.58 Å². The summed E-state index contributed by atoms with van der Waals surface area (Å²) in [5.74, 6) is -1.80. The van der Waals surface area contributed by atoms with Crippen LogP contribution in [0.3, 0.4) is 0 Å². The number of aliphatic hydroxyl groups is 1. The summed E-state index contributed by atoms with van der Waals surface area (Å²) in [7, 11) is 0. The van der Waals surface area contributed by atoms with Crippen LogP contribution in [0.1, 0.15) is 26.2 Å². The molecule has 0 saturated heterocycles. The van der Waals surface area contributed by atoms with Crippen molar-refractivity contribution in [1.29, 1.82) is 0 Å². The third-order valence-corrected chi connectivity index (χ3v) is 2.64. The molecular formula is C7H10Cl3NO2. The lowest BCUT2D eigenvalue weighted by Gasteiger charge is -2.26. The van der Waals surface area contributed by atoms with Gasteiger partial charge in [-0.25, -0.2) is 0 Å². The second kappa shape index (κ2) is 3.81. The van der Waals surface area contributed by atoms with Crippen molar-refractivity contribution in [2.75, 3.05) is 0 Å². The highest BCUT2D eigenvalue weighted by Gasteiger charge is 2.53. The van der Waals surface area contributed by atoms with Crippen molar-refractivity contribution in [3.05, 3.63) is 0 Å². The van der Waals surface area contributed by atoms with E-state index >= 15 is 0 Å². The molecule has 1 rings (SSSR count). The summed E-state index contributed by atoms with van der Waals surface area (Å²) >= 11 is 16.6. The molecule has 6 heteroatoms. The van der Waals surface area contributed by atoms with Gasteiger partial charge in [-0.1, -0.05) is 53.3 Å². The van der Waals surface area contributed by atoms with E-state index in [4.69, 9.17) is 39.6 Å². The summed E-state index contributed by atoms with van der Waals surface area (Å²) in [6, 6.07) is 0. The smallest absolute Gasteiger partial charge is 0.287 e.